The molecule has 0 heterocycles. The second-order valence-corrected chi connectivity index (χ2v) is 7.84. The molecule has 0 aliphatic carbocycles. The predicted molar refractivity (Wildman–Crippen MR) is 123 cm³/mol. The van der Waals surface area contributed by atoms with Crippen LogP contribution in [0, 0.1) is 5.92 Å². The maximum absolute atomic E-state index is 13.2. The van der Waals surface area contributed by atoms with E-state index < -0.39 is 0 Å². The molecule has 0 bridgehead atoms. The van der Waals surface area contributed by atoms with Crippen molar-refractivity contribution >= 4 is 11.7 Å². The van der Waals surface area contributed by atoms with Gasteiger partial charge < -0.3 is 4.90 Å². The maximum Gasteiger partial charge on any atom is 0.226 e. The summed E-state index contributed by atoms with van der Waals surface area (Å²) in [5.74, 6) is -0.00918. The fraction of sp³-hybridized carbons (Fsp3) is 0.462. The Bertz CT molecular complexity index is 731. The molecule has 0 aliphatic heterocycles. The lowest BCUT2D eigenvalue weighted by atomic mass is 9.94. The number of Topliss-reactive ketones (excluding diaryl/α,β-unsaturated/α-hetero) is 1. The summed E-state index contributed by atoms with van der Waals surface area (Å²) < 4.78 is 0. The van der Waals surface area contributed by atoms with Crippen LogP contribution in [0.15, 0.2) is 60.7 Å². The van der Waals surface area contributed by atoms with Crippen molar-refractivity contribution in [3.63, 3.8) is 0 Å². The minimum absolute atomic E-state index is 0.0979. The van der Waals surface area contributed by atoms with E-state index >= 15 is 0 Å². The highest BCUT2D eigenvalue weighted by Gasteiger charge is 2.28. The van der Waals surface area contributed by atoms with Crippen molar-refractivity contribution in [2.75, 3.05) is 13.1 Å². The molecule has 30 heavy (non-hydrogen) atoms. The molecule has 0 saturated carbocycles. The minimum atomic E-state index is -0.260. The van der Waals surface area contributed by atoms with Crippen molar-refractivity contribution in [1.29, 1.82) is 0 Å². The Morgan fingerprint density at radius 1 is 0.800 bits per heavy atom. The van der Waals surface area contributed by atoms with Crippen molar-refractivity contribution in [2.45, 2.75) is 59.7 Å². The van der Waals surface area contributed by atoms with Gasteiger partial charge in [0.2, 0.25) is 5.91 Å². The summed E-state index contributed by atoms with van der Waals surface area (Å²) in [6, 6.07) is 20.2. The van der Waals surface area contributed by atoms with E-state index in [2.05, 4.69) is 29.2 Å². The van der Waals surface area contributed by atoms with E-state index in [-0.39, 0.29) is 23.7 Å². The van der Waals surface area contributed by atoms with Crippen LogP contribution in [0.3, 0.4) is 0 Å². The minimum Gasteiger partial charge on any atom is -0.343 e. The molecule has 2 atom stereocenters. The van der Waals surface area contributed by atoms with Crippen LogP contribution in [0.4, 0.5) is 0 Å². The Morgan fingerprint density at radius 3 is 1.67 bits per heavy atom. The number of hydrogen-bond acceptors (Lipinski definition) is 3. The molecule has 162 valence electrons. The molecule has 4 nitrogen and oxygen atoms in total. The van der Waals surface area contributed by atoms with E-state index in [4.69, 9.17) is 0 Å². The van der Waals surface area contributed by atoms with Gasteiger partial charge in [0.15, 0.2) is 0 Å². The SMILES string of the molecule is CCC(CC(=O)[C@H](C)N(Cc1ccccc1)Cc1ccccc1)C(=O)N(CC)CC. The van der Waals surface area contributed by atoms with Crippen molar-refractivity contribution in [3.05, 3.63) is 71.8 Å². The highest BCUT2D eigenvalue weighted by atomic mass is 16.2. The lowest BCUT2D eigenvalue weighted by molar-refractivity contribution is -0.138. The van der Waals surface area contributed by atoms with Gasteiger partial charge in [-0.1, -0.05) is 67.6 Å². The van der Waals surface area contributed by atoms with Gasteiger partial charge in [-0.15, -0.1) is 0 Å². The van der Waals surface area contributed by atoms with Gasteiger partial charge in [0.25, 0.3) is 0 Å². The third-order valence-electron chi connectivity index (χ3n) is 5.84. The van der Waals surface area contributed by atoms with Gasteiger partial charge in [-0.05, 0) is 38.3 Å². The monoisotopic (exact) mass is 408 g/mol. The quantitative estimate of drug-likeness (QED) is 0.500. The van der Waals surface area contributed by atoms with E-state index in [9.17, 15) is 9.59 Å². The number of nitrogens with zero attached hydrogens (tertiary/aromatic N) is 2. The highest BCUT2D eigenvalue weighted by Crippen LogP contribution is 2.19. The summed E-state index contributed by atoms with van der Waals surface area (Å²) in [6.07, 6.45) is 0.984. The van der Waals surface area contributed by atoms with Gasteiger partial charge in [-0.2, -0.15) is 0 Å². The van der Waals surface area contributed by atoms with Gasteiger partial charge in [-0.25, -0.2) is 0 Å². The molecule has 4 heteroatoms. The molecule has 0 saturated heterocycles. The molecule has 1 amide bonds. The zero-order valence-corrected chi connectivity index (χ0v) is 18.9. The average molecular weight is 409 g/mol. The maximum atomic E-state index is 13.2. The fourth-order valence-electron chi connectivity index (χ4n) is 3.78. The van der Waals surface area contributed by atoms with Crippen LogP contribution in [-0.2, 0) is 22.7 Å². The van der Waals surface area contributed by atoms with E-state index in [1.165, 1.54) is 11.1 Å². The van der Waals surface area contributed by atoms with E-state index in [0.717, 1.165) is 0 Å². The topological polar surface area (TPSA) is 40.6 Å². The Morgan fingerprint density at radius 2 is 1.27 bits per heavy atom. The van der Waals surface area contributed by atoms with Crippen LogP contribution < -0.4 is 0 Å². The number of rotatable bonds is 12. The molecule has 0 N–H and O–H groups in total. The number of carbonyl (C=O) groups excluding carboxylic acids is 2. The van der Waals surface area contributed by atoms with Crippen LogP contribution >= 0.6 is 0 Å². The number of benzene rings is 2. The Kier molecular flexibility index (Phi) is 9.75. The lowest BCUT2D eigenvalue weighted by Crippen LogP contribution is -2.41. The number of amides is 1. The second-order valence-electron chi connectivity index (χ2n) is 7.84. The first-order valence-corrected chi connectivity index (χ1v) is 11.1. The van der Waals surface area contributed by atoms with Crippen LogP contribution in [-0.4, -0.2) is 40.6 Å². The third-order valence-corrected chi connectivity index (χ3v) is 5.84. The Balaban J connectivity index is 2.15. The van der Waals surface area contributed by atoms with E-state index in [0.29, 0.717) is 39.0 Å². The van der Waals surface area contributed by atoms with Gasteiger partial charge >= 0.3 is 0 Å². The molecule has 2 aromatic rings. The normalized spacial score (nSPS) is 13.1. The summed E-state index contributed by atoms with van der Waals surface area (Å²) in [5.41, 5.74) is 2.36. The molecule has 2 aromatic carbocycles. The first-order valence-electron chi connectivity index (χ1n) is 11.1. The zero-order valence-electron chi connectivity index (χ0n) is 18.9. The predicted octanol–water partition coefficient (Wildman–Crippen LogP) is 4.93. The van der Waals surface area contributed by atoms with Gasteiger partial charge in [0, 0.05) is 38.5 Å². The fourth-order valence-corrected chi connectivity index (χ4v) is 3.78. The molecule has 0 aliphatic rings. The van der Waals surface area contributed by atoms with Crippen LogP contribution in [0.2, 0.25) is 0 Å². The largest absolute Gasteiger partial charge is 0.343 e. The van der Waals surface area contributed by atoms with Crippen molar-refractivity contribution < 1.29 is 9.59 Å². The standard InChI is InChI=1S/C26H36N2O2/c1-5-24(26(30)27(6-2)7-3)18-25(29)21(4)28(19-22-14-10-8-11-15-22)20-23-16-12-9-13-17-23/h8-17,21,24H,5-7,18-20H2,1-4H3/t21-,24?/m0/s1. The summed E-state index contributed by atoms with van der Waals surface area (Å²) in [4.78, 5) is 30.1. The van der Waals surface area contributed by atoms with Crippen molar-refractivity contribution in [1.82, 2.24) is 9.80 Å². The molecular formula is C26H36N2O2. The first-order chi connectivity index (χ1) is 14.5. The summed E-state index contributed by atoms with van der Waals surface area (Å²) in [7, 11) is 0. The van der Waals surface area contributed by atoms with E-state index in [1.54, 1.807) is 0 Å². The van der Waals surface area contributed by atoms with Crippen molar-refractivity contribution in [3.8, 4) is 0 Å². The smallest absolute Gasteiger partial charge is 0.226 e. The number of carbonyl (C=O) groups is 2. The summed E-state index contributed by atoms with van der Waals surface area (Å²) >= 11 is 0. The van der Waals surface area contributed by atoms with Gasteiger partial charge in [-0.3, -0.25) is 14.5 Å². The number of hydrogen-bond donors (Lipinski definition) is 0. The lowest BCUT2D eigenvalue weighted by Gasteiger charge is -2.30. The second kappa shape index (κ2) is 12.3. The molecule has 0 aromatic heterocycles. The third kappa shape index (κ3) is 6.81. The summed E-state index contributed by atoms with van der Waals surface area (Å²) in [5, 5.41) is 0. The Hall–Kier alpha value is -2.46. The van der Waals surface area contributed by atoms with Crippen LogP contribution in [0.5, 0.6) is 0 Å². The van der Waals surface area contributed by atoms with Gasteiger partial charge in [0.05, 0.1) is 6.04 Å². The van der Waals surface area contributed by atoms with Gasteiger partial charge in [0.1, 0.15) is 5.78 Å². The Labute approximate surface area is 181 Å². The molecular weight excluding hydrogens is 372 g/mol. The molecule has 1 unspecified atom stereocenters. The summed E-state index contributed by atoms with van der Waals surface area (Å²) in [6.45, 7) is 10.7. The molecule has 0 radical (unpaired) electrons. The molecule has 2 rings (SSSR count). The highest BCUT2D eigenvalue weighted by molar-refractivity contribution is 5.89. The van der Waals surface area contributed by atoms with Crippen molar-refractivity contribution in [2.24, 2.45) is 5.92 Å². The zero-order chi connectivity index (χ0) is 21.9. The van der Waals surface area contributed by atoms with E-state index in [1.807, 2.05) is 69.0 Å². The average Bonchev–Trinajstić information content (AvgIpc) is 2.78. The number of ketones is 1. The van der Waals surface area contributed by atoms with Crippen LogP contribution in [0.1, 0.15) is 51.7 Å². The molecule has 0 fully saturated rings. The van der Waals surface area contributed by atoms with Crippen LogP contribution in [0.25, 0.3) is 0 Å². The first kappa shape index (κ1) is 23.8. The molecule has 0 spiro atoms.